The van der Waals surface area contributed by atoms with E-state index in [4.69, 9.17) is 13.2 Å². The first kappa shape index (κ1) is 12.3. The molecule has 0 saturated carbocycles. The van der Waals surface area contributed by atoms with E-state index in [1.807, 2.05) is 13.8 Å². The van der Waals surface area contributed by atoms with Crippen LogP contribution in [0.25, 0.3) is 0 Å². The van der Waals surface area contributed by atoms with Gasteiger partial charge in [0, 0.05) is 15.0 Å². The van der Waals surface area contributed by atoms with Gasteiger partial charge in [0.05, 0.1) is 6.61 Å². The summed E-state index contributed by atoms with van der Waals surface area (Å²) < 4.78 is 45.1. The molecule has 108 valence electrons. The van der Waals surface area contributed by atoms with Crippen LogP contribution in [-0.2, 0) is 9.09 Å². The van der Waals surface area contributed by atoms with Crippen molar-refractivity contribution in [1.82, 2.24) is 5.09 Å². The van der Waals surface area contributed by atoms with Crippen LogP contribution in [0.4, 0.5) is 0 Å². The molecule has 0 saturated heterocycles. The summed E-state index contributed by atoms with van der Waals surface area (Å²) in [6, 6.07) is 4.83. The first-order valence-electron chi connectivity index (χ1n) is 7.56. The summed E-state index contributed by atoms with van der Waals surface area (Å²) >= 11 is 0.803. The number of rotatable bonds is 7. The Morgan fingerprint density at radius 2 is 2.26 bits per heavy atom. The van der Waals surface area contributed by atoms with Crippen molar-refractivity contribution in [3.8, 4) is 5.75 Å². The third kappa shape index (κ3) is 5.19. The maximum atomic E-state index is 12.6. The molecule has 0 spiro atoms. The fraction of sp³-hybridized carbons (Fsp3) is 0.538. The molecular weight excluding hydrogens is 281 g/mol. The van der Waals surface area contributed by atoms with E-state index in [2.05, 4.69) is 5.09 Å². The lowest BCUT2D eigenvalue weighted by molar-refractivity contribution is 0.265. The van der Waals surface area contributed by atoms with Crippen LogP contribution in [0.2, 0.25) is 0 Å². The van der Waals surface area contributed by atoms with Gasteiger partial charge in [0.25, 0.3) is 0 Å². The number of thioether (sulfide) groups is 1. The second-order valence-corrected chi connectivity index (χ2v) is 6.66. The molecule has 1 rings (SSSR count). The van der Waals surface area contributed by atoms with Crippen LogP contribution < -0.4 is 9.61 Å². The quantitative estimate of drug-likeness (QED) is 0.603. The van der Waals surface area contributed by atoms with E-state index in [0.717, 1.165) is 17.3 Å². The molecule has 1 atom stereocenters. The Morgan fingerprint density at radius 1 is 1.53 bits per heavy atom. The minimum Gasteiger partial charge on any atom is -0.413 e. The SMILES string of the molecule is [2H]C([2H])([2H])Sc1ccc(OP(=O)(NC(C)C)OCC)cc1C. The molecule has 0 bridgehead atoms. The number of benzene rings is 1. The van der Waals surface area contributed by atoms with Crippen molar-refractivity contribution in [2.24, 2.45) is 0 Å². The van der Waals surface area contributed by atoms with E-state index in [1.54, 1.807) is 32.0 Å². The lowest BCUT2D eigenvalue weighted by Crippen LogP contribution is -2.23. The zero-order valence-corrected chi connectivity index (χ0v) is 13.3. The lowest BCUT2D eigenvalue weighted by Gasteiger charge is -2.21. The Labute approximate surface area is 124 Å². The van der Waals surface area contributed by atoms with Gasteiger partial charge in [-0.1, -0.05) is 0 Å². The predicted molar refractivity (Wildman–Crippen MR) is 81.1 cm³/mol. The number of nitrogens with one attached hydrogen (secondary N) is 1. The standard InChI is InChI=1S/C13H22NO3PS/c1-6-16-18(15,14-10(2)3)17-12-7-8-13(19-5)11(4)9-12/h7-10H,6H2,1-5H3,(H,14,15)/i5D3. The van der Waals surface area contributed by atoms with E-state index in [-0.39, 0.29) is 12.6 Å². The monoisotopic (exact) mass is 306 g/mol. The van der Waals surface area contributed by atoms with Crippen molar-refractivity contribution in [3.05, 3.63) is 23.8 Å². The molecule has 0 aromatic heterocycles. The molecule has 6 heteroatoms. The summed E-state index contributed by atoms with van der Waals surface area (Å²) in [6.45, 7) is 7.46. The van der Waals surface area contributed by atoms with Crippen LogP contribution in [0.1, 0.15) is 30.4 Å². The van der Waals surface area contributed by atoms with Gasteiger partial charge in [-0.3, -0.25) is 4.52 Å². The molecule has 0 amide bonds. The molecule has 1 unspecified atom stereocenters. The van der Waals surface area contributed by atoms with E-state index >= 15 is 0 Å². The van der Waals surface area contributed by atoms with Crippen molar-refractivity contribution in [3.63, 3.8) is 0 Å². The largest absolute Gasteiger partial charge is 0.458 e. The zero-order valence-electron chi connectivity index (χ0n) is 14.6. The summed E-state index contributed by atoms with van der Waals surface area (Å²) in [7, 11) is -3.44. The smallest absolute Gasteiger partial charge is 0.413 e. The molecule has 0 aliphatic carbocycles. The Balaban J connectivity index is 2.93. The third-order valence-electron chi connectivity index (χ3n) is 2.20. The summed E-state index contributed by atoms with van der Waals surface area (Å²) in [5, 5.41) is 2.79. The fourth-order valence-corrected chi connectivity index (χ4v) is 3.41. The summed E-state index contributed by atoms with van der Waals surface area (Å²) in [6.07, 6.45) is -2.10. The van der Waals surface area contributed by atoms with Crippen LogP contribution in [0, 0.1) is 6.92 Å². The Morgan fingerprint density at radius 3 is 2.79 bits per heavy atom. The first-order chi connectivity index (χ1) is 10.0. The Kier molecular flexibility index (Phi) is 4.74. The highest BCUT2D eigenvalue weighted by atomic mass is 32.2. The van der Waals surface area contributed by atoms with Crippen molar-refractivity contribution in [2.75, 3.05) is 12.8 Å². The second kappa shape index (κ2) is 7.34. The summed E-state index contributed by atoms with van der Waals surface area (Å²) in [5.74, 6) is 0.373. The van der Waals surface area contributed by atoms with Crippen molar-refractivity contribution < 1.29 is 17.7 Å². The summed E-state index contributed by atoms with van der Waals surface area (Å²) in [5.41, 5.74) is 0.742. The van der Waals surface area contributed by atoms with Crippen LogP contribution in [0.15, 0.2) is 23.1 Å². The topological polar surface area (TPSA) is 47.6 Å². The molecule has 0 radical (unpaired) electrons. The molecule has 4 nitrogen and oxygen atoms in total. The van der Waals surface area contributed by atoms with Gasteiger partial charge in [-0.25, -0.2) is 9.65 Å². The molecule has 0 aliphatic rings. The maximum absolute atomic E-state index is 12.6. The van der Waals surface area contributed by atoms with Crippen molar-refractivity contribution in [2.45, 2.75) is 38.6 Å². The number of aryl methyl sites for hydroxylation is 1. The van der Waals surface area contributed by atoms with Gasteiger partial charge in [-0.2, -0.15) is 0 Å². The fourth-order valence-electron chi connectivity index (χ4n) is 1.51. The molecule has 19 heavy (non-hydrogen) atoms. The Hall–Kier alpha value is -0.480. The minimum atomic E-state index is -3.44. The maximum Gasteiger partial charge on any atom is 0.458 e. The lowest BCUT2D eigenvalue weighted by atomic mass is 10.2. The van der Waals surface area contributed by atoms with Crippen LogP contribution in [0.3, 0.4) is 0 Å². The van der Waals surface area contributed by atoms with E-state index in [0.29, 0.717) is 10.6 Å². The van der Waals surface area contributed by atoms with Crippen LogP contribution >= 0.6 is 19.5 Å². The first-order valence-corrected chi connectivity index (χ1v) is 8.42. The minimum absolute atomic E-state index is 0.0659. The highest BCUT2D eigenvalue weighted by Gasteiger charge is 2.26. The van der Waals surface area contributed by atoms with Crippen molar-refractivity contribution >= 4 is 19.5 Å². The molecule has 1 aromatic carbocycles. The van der Waals surface area contributed by atoms with Gasteiger partial charge in [-0.05, 0) is 57.6 Å². The molecule has 1 N–H and O–H groups in total. The van der Waals surface area contributed by atoms with E-state index in [9.17, 15) is 4.57 Å². The van der Waals surface area contributed by atoms with Gasteiger partial charge in [0.15, 0.2) is 0 Å². The zero-order chi connectivity index (χ0) is 17.0. The second-order valence-electron chi connectivity index (χ2n) is 4.32. The highest BCUT2D eigenvalue weighted by molar-refractivity contribution is 7.98. The van der Waals surface area contributed by atoms with Gasteiger partial charge in [0.2, 0.25) is 0 Å². The Bertz CT molecular complexity index is 552. The molecular formula is C13H22NO3PS. The van der Waals surface area contributed by atoms with Gasteiger partial charge >= 0.3 is 7.75 Å². The molecule has 1 aromatic rings. The highest BCUT2D eigenvalue weighted by Crippen LogP contribution is 2.45. The molecule has 0 heterocycles. The number of hydrogen-bond donors (Lipinski definition) is 1. The average molecular weight is 306 g/mol. The normalized spacial score (nSPS) is 17.4. The molecule has 0 aliphatic heterocycles. The van der Waals surface area contributed by atoms with Gasteiger partial charge < -0.3 is 4.52 Å². The predicted octanol–water partition coefficient (Wildman–Crippen LogP) is 4.24. The van der Waals surface area contributed by atoms with Crippen LogP contribution in [0.5, 0.6) is 5.75 Å². The van der Waals surface area contributed by atoms with Crippen molar-refractivity contribution in [1.29, 1.82) is 0 Å². The van der Waals surface area contributed by atoms with E-state index < -0.39 is 13.9 Å². The van der Waals surface area contributed by atoms with E-state index in [1.165, 1.54) is 0 Å². The summed E-state index contributed by atoms with van der Waals surface area (Å²) in [4.78, 5) is 0.635. The van der Waals surface area contributed by atoms with Gasteiger partial charge in [-0.15, -0.1) is 11.8 Å². The number of hydrogen-bond acceptors (Lipinski definition) is 4. The third-order valence-corrected chi connectivity index (χ3v) is 4.76. The molecule has 0 fully saturated rings. The average Bonchev–Trinajstić information content (AvgIpc) is 2.30. The van der Waals surface area contributed by atoms with Crippen LogP contribution in [-0.4, -0.2) is 18.8 Å². The van der Waals surface area contributed by atoms with Gasteiger partial charge in [0.1, 0.15) is 5.75 Å².